The lowest BCUT2D eigenvalue weighted by molar-refractivity contribution is -0.121. The Balaban J connectivity index is 1.55. The predicted molar refractivity (Wildman–Crippen MR) is 100 cm³/mol. The molecular weight excluding hydrogens is 346 g/mol. The van der Waals surface area contributed by atoms with Gasteiger partial charge in [-0.2, -0.15) is 0 Å². The highest BCUT2D eigenvalue weighted by molar-refractivity contribution is 5.93. The van der Waals surface area contributed by atoms with Crippen molar-refractivity contribution in [3.63, 3.8) is 0 Å². The Morgan fingerprint density at radius 1 is 1.07 bits per heavy atom. The van der Waals surface area contributed by atoms with Crippen LogP contribution in [0.3, 0.4) is 0 Å². The molecule has 0 saturated heterocycles. The first kappa shape index (κ1) is 18.2. The van der Waals surface area contributed by atoms with E-state index in [-0.39, 0.29) is 30.3 Å². The number of benzene rings is 2. The minimum absolute atomic E-state index is 0.114. The summed E-state index contributed by atoms with van der Waals surface area (Å²) in [6.45, 7) is 0.489. The van der Waals surface area contributed by atoms with Crippen LogP contribution in [0.15, 0.2) is 53.3 Å². The number of hydrogen-bond acceptors (Lipinski definition) is 5. The van der Waals surface area contributed by atoms with E-state index in [9.17, 15) is 14.4 Å². The molecular formula is C19H19N5O3. The molecule has 0 aliphatic heterocycles. The van der Waals surface area contributed by atoms with Gasteiger partial charge in [-0.1, -0.05) is 29.5 Å². The van der Waals surface area contributed by atoms with Crippen LogP contribution in [0.5, 0.6) is 0 Å². The van der Waals surface area contributed by atoms with Crippen molar-refractivity contribution in [2.75, 3.05) is 7.05 Å². The highest BCUT2D eigenvalue weighted by atomic mass is 16.2. The molecule has 8 heteroatoms. The van der Waals surface area contributed by atoms with Crippen LogP contribution in [0.2, 0.25) is 0 Å². The van der Waals surface area contributed by atoms with Gasteiger partial charge in [0.15, 0.2) is 0 Å². The summed E-state index contributed by atoms with van der Waals surface area (Å²) in [5.74, 6) is -0.361. The van der Waals surface area contributed by atoms with Crippen molar-refractivity contribution in [2.45, 2.75) is 19.5 Å². The third-order valence-electron chi connectivity index (χ3n) is 4.11. The van der Waals surface area contributed by atoms with Gasteiger partial charge >= 0.3 is 0 Å². The molecule has 0 saturated carbocycles. The molecule has 3 rings (SSSR count). The Morgan fingerprint density at radius 2 is 1.81 bits per heavy atom. The van der Waals surface area contributed by atoms with E-state index in [0.29, 0.717) is 23.0 Å². The van der Waals surface area contributed by atoms with E-state index in [2.05, 4.69) is 20.9 Å². The molecule has 0 atom stereocenters. The minimum Gasteiger partial charge on any atom is -0.355 e. The number of carbonyl (C=O) groups is 2. The second kappa shape index (κ2) is 8.22. The highest BCUT2D eigenvalue weighted by Gasteiger charge is 2.08. The zero-order valence-electron chi connectivity index (χ0n) is 14.8. The van der Waals surface area contributed by atoms with Crippen LogP contribution >= 0.6 is 0 Å². The average molecular weight is 365 g/mol. The summed E-state index contributed by atoms with van der Waals surface area (Å²) in [7, 11) is 1.57. The number of rotatable bonds is 6. The van der Waals surface area contributed by atoms with Crippen molar-refractivity contribution in [1.29, 1.82) is 0 Å². The topological polar surface area (TPSA) is 106 Å². The number of nitrogens with one attached hydrogen (secondary N) is 2. The monoisotopic (exact) mass is 365 g/mol. The van der Waals surface area contributed by atoms with Crippen molar-refractivity contribution in [1.82, 2.24) is 25.6 Å². The Morgan fingerprint density at radius 3 is 2.56 bits per heavy atom. The molecule has 0 bridgehead atoms. The van der Waals surface area contributed by atoms with Crippen molar-refractivity contribution in [2.24, 2.45) is 0 Å². The van der Waals surface area contributed by atoms with Crippen LogP contribution in [0.1, 0.15) is 22.3 Å². The van der Waals surface area contributed by atoms with E-state index >= 15 is 0 Å². The fourth-order valence-electron chi connectivity index (χ4n) is 2.58. The lowest BCUT2D eigenvalue weighted by atomic mass is 10.1. The van der Waals surface area contributed by atoms with Crippen LogP contribution in [-0.4, -0.2) is 33.9 Å². The van der Waals surface area contributed by atoms with Crippen LogP contribution < -0.4 is 16.2 Å². The van der Waals surface area contributed by atoms with Crippen LogP contribution in [-0.2, 0) is 17.9 Å². The quantitative estimate of drug-likeness (QED) is 0.674. The zero-order valence-corrected chi connectivity index (χ0v) is 14.8. The summed E-state index contributed by atoms with van der Waals surface area (Å²) in [5, 5.41) is 13.7. The number of fused-ring (bicyclic) bond motifs is 1. The summed E-state index contributed by atoms with van der Waals surface area (Å²) in [6.07, 6.45) is 0.114. The highest BCUT2D eigenvalue weighted by Crippen LogP contribution is 2.05. The first-order chi connectivity index (χ1) is 13.1. The van der Waals surface area contributed by atoms with Gasteiger partial charge in [0.1, 0.15) is 5.52 Å². The average Bonchev–Trinajstić information content (AvgIpc) is 2.71. The number of hydrogen-bond donors (Lipinski definition) is 2. The lowest BCUT2D eigenvalue weighted by Gasteiger charge is -2.07. The Labute approximate surface area is 155 Å². The van der Waals surface area contributed by atoms with Crippen LogP contribution in [0.4, 0.5) is 0 Å². The number of carbonyl (C=O) groups excluding carboxylic acids is 2. The van der Waals surface area contributed by atoms with Gasteiger partial charge in [0, 0.05) is 25.6 Å². The number of nitrogens with zero attached hydrogens (tertiary/aromatic N) is 3. The first-order valence-corrected chi connectivity index (χ1v) is 8.49. The normalized spacial score (nSPS) is 10.6. The fraction of sp³-hybridized carbons (Fsp3) is 0.211. The minimum atomic E-state index is -0.266. The van der Waals surface area contributed by atoms with Crippen LogP contribution in [0, 0.1) is 0 Å². The lowest BCUT2D eigenvalue weighted by Crippen LogP contribution is -2.29. The molecule has 0 spiro atoms. The molecule has 1 aromatic heterocycles. The van der Waals surface area contributed by atoms with E-state index < -0.39 is 0 Å². The summed E-state index contributed by atoms with van der Waals surface area (Å²) in [4.78, 5) is 35.9. The molecule has 0 aliphatic rings. The number of amides is 2. The predicted octanol–water partition coefficient (Wildman–Crippen LogP) is 0.858. The first-order valence-electron chi connectivity index (χ1n) is 8.49. The second-order valence-corrected chi connectivity index (χ2v) is 5.94. The van der Waals surface area contributed by atoms with Gasteiger partial charge in [0.05, 0.1) is 11.9 Å². The van der Waals surface area contributed by atoms with Gasteiger partial charge in [-0.05, 0) is 29.8 Å². The SMILES string of the molecule is CNC(=O)c1ccc(CNC(=O)CCn2nnc3ccccc3c2=O)cc1. The van der Waals surface area contributed by atoms with E-state index in [1.807, 2.05) is 0 Å². The second-order valence-electron chi connectivity index (χ2n) is 5.94. The maximum atomic E-state index is 12.3. The number of aryl methyl sites for hydroxylation is 1. The smallest absolute Gasteiger partial charge is 0.277 e. The molecule has 138 valence electrons. The number of aromatic nitrogens is 3. The van der Waals surface area contributed by atoms with E-state index in [0.717, 1.165) is 5.56 Å². The molecule has 0 fully saturated rings. The van der Waals surface area contributed by atoms with Crippen molar-refractivity contribution >= 4 is 22.7 Å². The molecule has 3 aromatic rings. The molecule has 27 heavy (non-hydrogen) atoms. The van der Waals surface area contributed by atoms with E-state index in [4.69, 9.17) is 0 Å². The van der Waals surface area contributed by atoms with Gasteiger partial charge in [0.25, 0.3) is 11.5 Å². The molecule has 2 N–H and O–H groups in total. The van der Waals surface area contributed by atoms with Gasteiger partial charge in [-0.15, -0.1) is 5.10 Å². The maximum Gasteiger partial charge on any atom is 0.277 e. The molecule has 8 nitrogen and oxygen atoms in total. The van der Waals surface area contributed by atoms with Crippen molar-refractivity contribution in [3.8, 4) is 0 Å². The molecule has 2 amide bonds. The fourth-order valence-corrected chi connectivity index (χ4v) is 2.58. The summed E-state index contributed by atoms with van der Waals surface area (Å²) >= 11 is 0. The zero-order chi connectivity index (χ0) is 19.2. The third-order valence-corrected chi connectivity index (χ3v) is 4.11. The van der Waals surface area contributed by atoms with Crippen molar-refractivity contribution in [3.05, 3.63) is 70.0 Å². The van der Waals surface area contributed by atoms with Gasteiger partial charge in [-0.3, -0.25) is 14.4 Å². The van der Waals surface area contributed by atoms with Gasteiger partial charge in [-0.25, -0.2) is 4.68 Å². The largest absolute Gasteiger partial charge is 0.355 e. The van der Waals surface area contributed by atoms with Crippen LogP contribution in [0.25, 0.3) is 10.9 Å². The standard InChI is InChI=1S/C19H19N5O3/c1-20-18(26)14-8-6-13(7-9-14)12-21-17(25)10-11-24-19(27)15-4-2-3-5-16(15)22-23-24/h2-9H,10-12H2,1H3,(H,20,26)(H,21,25). The van der Waals surface area contributed by atoms with E-state index in [1.165, 1.54) is 4.68 Å². The Kier molecular flexibility index (Phi) is 5.55. The van der Waals surface area contributed by atoms with Gasteiger partial charge in [0.2, 0.25) is 5.91 Å². The molecule has 0 aliphatic carbocycles. The Bertz CT molecular complexity index is 1030. The molecule has 0 radical (unpaired) electrons. The van der Waals surface area contributed by atoms with Gasteiger partial charge < -0.3 is 10.6 Å². The molecule has 0 unspecified atom stereocenters. The maximum absolute atomic E-state index is 12.3. The summed E-state index contributed by atoms with van der Waals surface area (Å²) in [5.41, 5.74) is 1.70. The third kappa shape index (κ3) is 4.35. The van der Waals surface area contributed by atoms with Crippen molar-refractivity contribution < 1.29 is 9.59 Å². The Hall–Kier alpha value is -3.55. The summed E-state index contributed by atoms with van der Waals surface area (Å²) in [6, 6.07) is 13.9. The molecule has 1 heterocycles. The van der Waals surface area contributed by atoms with E-state index in [1.54, 1.807) is 55.6 Å². The molecule has 2 aromatic carbocycles. The summed E-state index contributed by atoms with van der Waals surface area (Å²) < 4.78 is 1.19.